The van der Waals surface area contributed by atoms with Crippen molar-refractivity contribution in [2.45, 2.75) is 33.8 Å². The molecule has 1 atom stereocenters. The molecule has 1 aromatic heterocycles. The molecule has 0 aliphatic heterocycles. The van der Waals surface area contributed by atoms with Gasteiger partial charge in [-0.05, 0) is 33.3 Å². The van der Waals surface area contributed by atoms with Gasteiger partial charge in [-0.1, -0.05) is 0 Å². The molecule has 4 heteroatoms. The molecule has 1 aromatic rings. The smallest absolute Gasteiger partial charge is 0.355 e. The highest BCUT2D eigenvalue weighted by Gasteiger charge is 2.20. The second kappa shape index (κ2) is 4.49. The average Bonchev–Trinajstić information content (AvgIpc) is 2.42. The van der Waals surface area contributed by atoms with Crippen molar-refractivity contribution in [1.82, 2.24) is 4.98 Å². The molecule has 84 valence electrons. The molecule has 0 saturated carbocycles. The van der Waals surface area contributed by atoms with E-state index in [4.69, 9.17) is 4.74 Å². The first-order chi connectivity index (χ1) is 6.99. The first kappa shape index (κ1) is 11.8. The van der Waals surface area contributed by atoms with Crippen LogP contribution in [0.2, 0.25) is 0 Å². The molecule has 0 saturated heterocycles. The number of aromatic nitrogens is 1. The summed E-state index contributed by atoms with van der Waals surface area (Å²) in [7, 11) is 0. The monoisotopic (exact) mass is 211 g/mol. The number of carbonyl (C=O) groups is 1. The van der Waals surface area contributed by atoms with Crippen LogP contribution in [0.5, 0.6) is 0 Å². The number of aliphatic hydroxyl groups excluding tert-OH is 1. The van der Waals surface area contributed by atoms with E-state index in [1.54, 1.807) is 20.8 Å². The Morgan fingerprint density at radius 2 is 2.13 bits per heavy atom. The summed E-state index contributed by atoms with van der Waals surface area (Å²) in [5, 5.41) is 9.54. The summed E-state index contributed by atoms with van der Waals surface area (Å²) in [4.78, 5) is 14.5. The Balaban J connectivity index is 3.12. The molecule has 0 bridgehead atoms. The SMILES string of the molecule is CCOC(=O)c1[nH]c(C)c(C(C)O)c1C. The van der Waals surface area contributed by atoms with Crippen molar-refractivity contribution in [2.75, 3.05) is 6.61 Å². The predicted octanol–water partition coefficient (Wildman–Crippen LogP) is 1.86. The molecule has 1 heterocycles. The van der Waals surface area contributed by atoms with Crippen LogP contribution < -0.4 is 0 Å². The third kappa shape index (κ3) is 2.21. The normalized spacial score (nSPS) is 12.6. The zero-order valence-electron chi connectivity index (χ0n) is 9.55. The van der Waals surface area contributed by atoms with Crippen molar-refractivity contribution >= 4 is 5.97 Å². The Hall–Kier alpha value is -1.29. The van der Waals surface area contributed by atoms with Crippen LogP contribution in [-0.2, 0) is 4.74 Å². The summed E-state index contributed by atoms with van der Waals surface area (Å²) in [5.41, 5.74) is 2.79. The lowest BCUT2D eigenvalue weighted by molar-refractivity contribution is 0.0519. The maximum atomic E-state index is 11.5. The van der Waals surface area contributed by atoms with Crippen LogP contribution in [0.15, 0.2) is 0 Å². The minimum atomic E-state index is -0.579. The number of nitrogens with one attached hydrogen (secondary N) is 1. The highest BCUT2D eigenvalue weighted by Crippen LogP contribution is 2.24. The highest BCUT2D eigenvalue weighted by molar-refractivity contribution is 5.89. The minimum absolute atomic E-state index is 0.348. The number of aliphatic hydroxyl groups is 1. The van der Waals surface area contributed by atoms with Gasteiger partial charge in [-0.2, -0.15) is 0 Å². The maximum absolute atomic E-state index is 11.5. The van der Waals surface area contributed by atoms with E-state index in [9.17, 15) is 9.90 Å². The summed E-state index contributed by atoms with van der Waals surface area (Å²) in [6.07, 6.45) is -0.579. The van der Waals surface area contributed by atoms with Gasteiger partial charge < -0.3 is 14.8 Å². The van der Waals surface area contributed by atoms with Crippen molar-refractivity contribution in [3.8, 4) is 0 Å². The van der Waals surface area contributed by atoms with Gasteiger partial charge in [0.2, 0.25) is 0 Å². The second-order valence-corrected chi connectivity index (χ2v) is 3.56. The van der Waals surface area contributed by atoms with Crippen molar-refractivity contribution in [2.24, 2.45) is 0 Å². The first-order valence-corrected chi connectivity index (χ1v) is 5.03. The molecule has 2 N–H and O–H groups in total. The Morgan fingerprint density at radius 1 is 1.53 bits per heavy atom. The molecule has 0 aromatic carbocycles. The number of aryl methyl sites for hydroxylation is 1. The minimum Gasteiger partial charge on any atom is -0.461 e. The Kier molecular flexibility index (Phi) is 3.52. The van der Waals surface area contributed by atoms with E-state index in [1.807, 2.05) is 6.92 Å². The number of esters is 1. The quantitative estimate of drug-likeness (QED) is 0.750. The zero-order valence-corrected chi connectivity index (χ0v) is 9.55. The highest BCUT2D eigenvalue weighted by atomic mass is 16.5. The second-order valence-electron chi connectivity index (χ2n) is 3.56. The fourth-order valence-electron chi connectivity index (χ4n) is 1.80. The molecule has 0 aliphatic carbocycles. The lowest BCUT2D eigenvalue weighted by Crippen LogP contribution is -2.07. The number of carbonyl (C=O) groups excluding carboxylic acids is 1. The number of hydrogen-bond acceptors (Lipinski definition) is 3. The van der Waals surface area contributed by atoms with E-state index in [0.29, 0.717) is 12.3 Å². The fourth-order valence-corrected chi connectivity index (χ4v) is 1.80. The molecule has 0 aliphatic rings. The van der Waals surface area contributed by atoms with Gasteiger partial charge in [0.25, 0.3) is 0 Å². The third-order valence-electron chi connectivity index (χ3n) is 2.39. The molecule has 0 fully saturated rings. The summed E-state index contributed by atoms with van der Waals surface area (Å²) in [6, 6.07) is 0. The van der Waals surface area contributed by atoms with Gasteiger partial charge in [-0.3, -0.25) is 0 Å². The van der Waals surface area contributed by atoms with Crippen LogP contribution in [0.1, 0.15) is 47.3 Å². The van der Waals surface area contributed by atoms with E-state index in [2.05, 4.69) is 4.98 Å². The summed E-state index contributed by atoms with van der Waals surface area (Å²) in [5.74, 6) is -0.370. The third-order valence-corrected chi connectivity index (χ3v) is 2.39. The Labute approximate surface area is 89.3 Å². The molecule has 0 amide bonds. The molecule has 1 rings (SSSR count). The van der Waals surface area contributed by atoms with Gasteiger partial charge in [0.15, 0.2) is 0 Å². The number of H-pyrrole nitrogens is 1. The summed E-state index contributed by atoms with van der Waals surface area (Å²) >= 11 is 0. The van der Waals surface area contributed by atoms with E-state index < -0.39 is 6.10 Å². The lowest BCUT2D eigenvalue weighted by Gasteiger charge is -2.05. The number of rotatable bonds is 3. The number of ether oxygens (including phenoxy) is 1. The number of hydrogen-bond donors (Lipinski definition) is 2. The van der Waals surface area contributed by atoms with Gasteiger partial charge in [-0.25, -0.2) is 4.79 Å². The van der Waals surface area contributed by atoms with Crippen LogP contribution in [0.25, 0.3) is 0 Å². The maximum Gasteiger partial charge on any atom is 0.355 e. The first-order valence-electron chi connectivity index (χ1n) is 5.03. The molecule has 0 radical (unpaired) electrons. The summed E-state index contributed by atoms with van der Waals surface area (Å²) in [6.45, 7) is 7.42. The Morgan fingerprint density at radius 3 is 2.53 bits per heavy atom. The van der Waals surface area contributed by atoms with Gasteiger partial charge in [0, 0.05) is 11.3 Å². The molecular weight excluding hydrogens is 194 g/mol. The summed E-state index contributed by atoms with van der Waals surface area (Å²) < 4.78 is 4.91. The average molecular weight is 211 g/mol. The van der Waals surface area contributed by atoms with Crippen LogP contribution in [-0.4, -0.2) is 22.7 Å². The van der Waals surface area contributed by atoms with Crippen LogP contribution >= 0.6 is 0 Å². The lowest BCUT2D eigenvalue weighted by atomic mass is 10.1. The van der Waals surface area contributed by atoms with Gasteiger partial charge in [0.05, 0.1) is 12.7 Å². The van der Waals surface area contributed by atoms with Crippen molar-refractivity contribution in [3.63, 3.8) is 0 Å². The molecular formula is C11H17NO3. The van der Waals surface area contributed by atoms with E-state index in [0.717, 1.165) is 16.8 Å². The molecule has 1 unspecified atom stereocenters. The van der Waals surface area contributed by atoms with Crippen molar-refractivity contribution in [3.05, 3.63) is 22.5 Å². The topological polar surface area (TPSA) is 62.3 Å². The van der Waals surface area contributed by atoms with Crippen LogP contribution in [0.3, 0.4) is 0 Å². The molecule has 0 spiro atoms. The molecule has 15 heavy (non-hydrogen) atoms. The van der Waals surface area contributed by atoms with Crippen LogP contribution in [0, 0.1) is 13.8 Å². The fraction of sp³-hybridized carbons (Fsp3) is 0.545. The Bertz CT molecular complexity index is 366. The van der Waals surface area contributed by atoms with Crippen molar-refractivity contribution < 1.29 is 14.6 Å². The van der Waals surface area contributed by atoms with Gasteiger partial charge in [0.1, 0.15) is 5.69 Å². The predicted molar refractivity (Wildman–Crippen MR) is 56.9 cm³/mol. The van der Waals surface area contributed by atoms with Gasteiger partial charge in [-0.15, -0.1) is 0 Å². The van der Waals surface area contributed by atoms with Crippen LogP contribution in [0.4, 0.5) is 0 Å². The van der Waals surface area contributed by atoms with E-state index >= 15 is 0 Å². The van der Waals surface area contributed by atoms with E-state index in [1.165, 1.54) is 0 Å². The van der Waals surface area contributed by atoms with Gasteiger partial charge >= 0.3 is 5.97 Å². The molecule has 4 nitrogen and oxygen atoms in total. The standard InChI is InChI=1S/C11H17NO3/c1-5-15-11(14)10-6(2)9(8(4)13)7(3)12-10/h8,12-13H,5H2,1-4H3. The zero-order chi connectivity index (χ0) is 11.6. The number of aromatic amines is 1. The van der Waals surface area contributed by atoms with E-state index in [-0.39, 0.29) is 5.97 Å². The largest absolute Gasteiger partial charge is 0.461 e. The van der Waals surface area contributed by atoms with Crippen molar-refractivity contribution in [1.29, 1.82) is 0 Å².